The van der Waals surface area contributed by atoms with Gasteiger partial charge in [-0.05, 0) is 0 Å². The zero-order chi connectivity index (χ0) is 10.8. The van der Waals surface area contributed by atoms with E-state index in [1.807, 2.05) is 5.38 Å². The van der Waals surface area contributed by atoms with Gasteiger partial charge in [0.2, 0.25) is 0 Å². The van der Waals surface area contributed by atoms with Gasteiger partial charge in [-0.25, -0.2) is 4.98 Å². The molecule has 0 aliphatic carbocycles. The van der Waals surface area contributed by atoms with Gasteiger partial charge in [0.05, 0.1) is 13.3 Å². The summed E-state index contributed by atoms with van der Waals surface area (Å²) >= 11 is 1.40. The van der Waals surface area contributed by atoms with E-state index in [-0.39, 0.29) is 0 Å². The van der Waals surface area contributed by atoms with E-state index in [2.05, 4.69) is 10.1 Å². The fourth-order valence-corrected chi connectivity index (χ4v) is 2.01. The predicted molar refractivity (Wildman–Crippen MR) is 55.9 cm³/mol. The first-order valence-electron chi connectivity index (χ1n) is 4.37. The van der Waals surface area contributed by atoms with Crippen LogP contribution in [0.3, 0.4) is 0 Å². The third kappa shape index (κ3) is 1.73. The van der Waals surface area contributed by atoms with Crippen LogP contribution in [0.15, 0.2) is 17.8 Å². The smallest absolute Gasteiger partial charge is 0.163 e. The van der Waals surface area contributed by atoms with Gasteiger partial charge in [0, 0.05) is 18.6 Å². The summed E-state index contributed by atoms with van der Waals surface area (Å²) in [7, 11) is 3.31. The molecule has 0 saturated heterocycles. The predicted octanol–water partition coefficient (Wildman–Crippen LogP) is 0.967. The van der Waals surface area contributed by atoms with Crippen molar-refractivity contribution in [1.29, 1.82) is 0 Å². The molecule has 5 nitrogen and oxygen atoms in total. The monoisotopic (exact) mass is 225 g/mol. The maximum absolute atomic E-state index is 10.1. The molecule has 0 aliphatic rings. The summed E-state index contributed by atoms with van der Waals surface area (Å²) in [6.45, 7) is 0. The lowest BCUT2D eigenvalue weighted by molar-refractivity contribution is 0.204. The van der Waals surface area contributed by atoms with Crippen molar-refractivity contribution in [3.8, 4) is 5.75 Å². The Morgan fingerprint density at radius 2 is 2.40 bits per heavy atom. The quantitative estimate of drug-likeness (QED) is 0.845. The van der Waals surface area contributed by atoms with Gasteiger partial charge in [-0.3, -0.25) is 4.68 Å². The molecule has 80 valence electrons. The second-order valence-corrected chi connectivity index (χ2v) is 3.92. The van der Waals surface area contributed by atoms with Gasteiger partial charge in [0.25, 0.3) is 0 Å². The lowest BCUT2D eigenvalue weighted by Crippen LogP contribution is -2.07. The number of aliphatic hydroxyl groups excluding tert-OH is 1. The number of ether oxygens (including phenoxy) is 1. The summed E-state index contributed by atoms with van der Waals surface area (Å²) in [5.41, 5.74) is 0.618. The number of aromatic nitrogens is 3. The molecule has 1 atom stereocenters. The number of nitrogens with zero attached hydrogens (tertiary/aromatic N) is 3. The van der Waals surface area contributed by atoms with Crippen LogP contribution in [-0.4, -0.2) is 27.0 Å². The molecule has 6 heteroatoms. The Hall–Kier alpha value is -1.40. The summed E-state index contributed by atoms with van der Waals surface area (Å²) in [6.07, 6.45) is 2.45. The van der Waals surface area contributed by atoms with Crippen LogP contribution in [0.25, 0.3) is 0 Å². The first kappa shape index (κ1) is 10.1. The number of methoxy groups -OCH3 is 1. The molecule has 1 N–H and O–H groups in total. The van der Waals surface area contributed by atoms with Gasteiger partial charge >= 0.3 is 0 Å². The number of hydrogen-bond donors (Lipinski definition) is 1. The Morgan fingerprint density at radius 3 is 3.00 bits per heavy atom. The van der Waals surface area contributed by atoms with Crippen molar-refractivity contribution in [2.45, 2.75) is 6.10 Å². The van der Waals surface area contributed by atoms with E-state index in [9.17, 15) is 5.11 Å². The van der Waals surface area contributed by atoms with Gasteiger partial charge in [0.1, 0.15) is 10.7 Å². The lowest BCUT2D eigenvalue weighted by atomic mass is 10.2. The minimum absolute atomic E-state index is 0.570. The van der Waals surface area contributed by atoms with Crippen LogP contribution in [0.1, 0.15) is 16.8 Å². The zero-order valence-corrected chi connectivity index (χ0v) is 9.23. The largest absolute Gasteiger partial charge is 0.493 e. The van der Waals surface area contributed by atoms with Gasteiger partial charge in [-0.1, -0.05) is 0 Å². The first-order chi connectivity index (χ1) is 7.24. The van der Waals surface area contributed by atoms with E-state index < -0.39 is 6.10 Å². The number of hydrogen-bond acceptors (Lipinski definition) is 5. The van der Waals surface area contributed by atoms with Crippen LogP contribution < -0.4 is 4.74 Å². The number of aliphatic hydroxyl groups is 1. The fraction of sp³-hybridized carbons (Fsp3) is 0.333. The molecule has 0 fully saturated rings. The third-order valence-electron chi connectivity index (χ3n) is 2.11. The Bertz CT molecular complexity index is 438. The van der Waals surface area contributed by atoms with Crippen molar-refractivity contribution in [3.05, 3.63) is 28.5 Å². The minimum atomic E-state index is -0.785. The minimum Gasteiger partial charge on any atom is -0.493 e. The molecule has 0 aliphatic heterocycles. The molecule has 0 spiro atoms. The average molecular weight is 225 g/mol. The van der Waals surface area contributed by atoms with Gasteiger partial charge in [-0.2, -0.15) is 5.10 Å². The summed E-state index contributed by atoms with van der Waals surface area (Å²) in [5.74, 6) is 0.570. The van der Waals surface area contributed by atoms with E-state index in [4.69, 9.17) is 4.74 Å². The number of rotatable bonds is 3. The van der Waals surface area contributed by atoms with E-state index >= 15 is 0 Å². The zero-order valence-electron chi connectivity index (χ0n) is 8.41. The first-order valence-corrected chi connectivity index (χ1v) is 5.25. The third-order valence-corrected chi connectivity index (χ3v) is 2.94. The fourth-order valence-electron chi connectivity index (χ4n) is 1.38. The highest BCUT2D eigenvalue weighted by Crippen LogP contribution is 2.29. The van der Waals surface area contributed by atoms with Crippen molar-refractivity contribution in [1.82, 2.24) is 14.8 Å². The van der Waals surface area contributed by atoms with E-state index in [0.29, 0.717) is 16.5 Å². The highest BCUT2D eigenvalue weighted by molar-refractivity contribution is 7.09. The molecule has 2 heterocycles. The molecule has 0 bridgehead atoms. The van der Waals surface area contributed by atoms with E-state index in [0.717, 1.165) is 0 Å². The maximum Gasteiger partial charge on any atom is 0.163 e. The molecule has 0 radical (unpaired) electrons. The Balaban J connectivity index is 2.40. The van der Waals surface area contributed by atoms with Gasteiger partial charge in [-0.15, -0.1) is 11.3 Å². The van der Waals surface area contributed by atoms with Crippen LogP contribution in [0.5, 0.6) is 5.75 Å². The maximum atomic E-state index is 10.1. The van der Waals surface area contributed by atoms with E-state index in [1.165, 1.54) is 11.3 Å². The standard InChI is InChI=1S/C9H11N3O2S/c1-12-7(6(14-2)5-11-12)8(13)9-10-3-4-15-9/h3-5,8,13H,1-2H3. The molecular formula is C9H11N3O2S. The molecule has 1 unspecified atom stereocenters. The Labute approximate surface area is 91.0 Å². The molecule has 15 heavy (non-hydrogen) atoms. The van der Waals surface area contributed by atoms with Gasteiger partial charge < -0.3 is 9.84 Å². The Morgan fingerprint density at radius 1 is 1.60 bits per heavy atom. The average Bonchev–Trinajstić information content (AvgIpc) is 2.85. The Kier molecular flexibility index (Phi) is 2.70. The summed E-state index contributed by atoms with van der Waals surface area (Å²) in [6, 6.07) is 0. The molecule has 2 rings (SSSR count). The SMILES string of the molecule is COc1cnn(C)c1C(O)c1nccs1. The highest BCUT2D eigenvalue weighted by Gasteiger charge is 2.21. The van der Waals surface area contributed by atoms with Crippen molar-refractivity contribution in [3.63, 3.8) is 0 Å². The molecule has 2 aromatic heterocycles. The number of thiazole rings is 1. The molecule has 0 amide bonds. The summed E-state index contributed by atoms with van der Waals surface area (Å²) < 4.78 is 6.71. The summed E-state index contributed by atoms with van der Waals surface area (Å²) in [5, 5.41) is 16.6. The van der Waals surface area contributed by atoms with Crippen molar-refractivity contribution in [2.75, 3.05) is 7.11 Å². The van der Waals surface area contributed by atoms with Crippen molar-refractivity contribution < 1.29 is 9.84 Å². The molecule has 0 aromatic carbocycles. The van der Waals surface area contributed by atoms with Crippen molar-refractivity contribution in [2.24, 2.45) is 7.05 Å². The summed E-state index contributed by atoms with van der Waals surface area (Å²) in [4.78, 5) is 4.06. The van der Waals surface area contributed by atoms with Crippen LogP contribution in [0.4, 0.5) is 0 Å². The van der Waals surface area contributed by atoms with Crippen LogP contribution in [0.2, 0.25) is 0 Å². The van der Waals surface area contributed by atoms with Gasteiger partial charge in [0.15, 0.2) is 11.9 Å². The second kappa shape index (κ2) is 4.00. The van der Waals surface area contributed by atoms with Crippen LogP contribution in [0, 0.1) is 0 Å². The number of aryl methyl sites for hydroxylation is 1. The highest BCUT2D eigenvalue weighted by atomic mass is 32.1. The normalized spacial score (nSPS) is 12.7. The van der Waals surface area contributed by atoms with Crippen LogP contribution >= 0.6 is 11.3 Å². The van der Waals surface area contributed by atoms with E-state index in [1.54, 1.807) is 31.2 Å². The second-order valence-electron chi connectivity index (χ2n) is 2.99. The topological polar surface area (TPSA) is 60.2 Å². The molecule has 0 saturated carbocycles. The molecule has 2 aromatic rings. The van der Waals surface area contributed by atoms with Crippen LogP contribution in [-0.2, 0) is 7.05 Å². The lowest BCUT2D eigenvalue weighted by Gasteiger charge is -2.09. The molecular weight excluding hydrogens is 214 g/mol. The van der Waals surface area contributed by atoms with Crippen molar-refractivity contribution >= 4 is 11.3 Å².